The van der Waals surface area contributed by atoms with Crippen LogP contribution in [-0.4, -0.2) is 12.5 Å². The van der Waals surface area contributed by atoms with Crippen LogP contribution in [0.4, 0.5) is 23.2 Å². The van der Waals surface area contributed by atoms with Gasteiger partial charge in [0.05, 0.1) is 6.54 Å². The van der Waals surface area contributed by atoms with E-state index in [1.165, 1.54) is 12.1 Å². The fraction of sp³-hybridized carbons (Fsp3) is 0.188. The minimum atomic E-state index is -0.992. The number of hydrogen-bond acceptors (Lipinski definition) is 2. The molecule has 0 heterocycles. The van der Waals surface area contributed by atoms with Gasteiger partial charge in [-0.1, -0.05) is 12.1 Å². The van der Waals surface area contributed by atoms with Crippen LogP contribution in [0.3, 0.4) is 0 Å². The van der Waals surface area contributed by atoms with Crippen LogP contribution in [0, 0.1) is 23.3 Å². The molecule has 0 aromatic heterocycles. The molecule has 2 aromatic rings. The van der Waals surface area contributed by atoms with Gasteiger partial charge in [-0.3, -0.25) is 4.79 Å². The first-order chi connectivity index (χ1) is 10.9. The number of amides is 1. The van der Waals surface area contributed by atoms with Crippen LogP contribution in [0.5, 0.6) is 0 Å². The number of carbonyl (C=O) groups excluding carboxylic acids is 1. The average molecular weight is 326 g/mol. The van der Waals surface area contributed by atoms with Gasteiger partial charge in [-0.2, -0.15) is 0 Å². The van der Waals surface area contributed by atoms with Crippen LogP contribution in [0.1, 0.15) is 18.5 Å². The Morgan fingerprint density at radius 3 is 2.26 bits per heavy atom. The number of rotatable bonds is 5. The monoisotopic (exact) mass is 326 g/mol. The van der Waals surface area contributed by atoms with Crippen molar-refractivity contribution in [1.82, 2.24) is 5.32 Å². The van der Waals surface area contributed by atoms with E-state index >= 15 is 0 Å². The Labute approximate surface area is 130 Å². The summed E-state index contributed by atoms with van der Waals surface area (Å²) in [5, 5.41) is 4.88. The predicted octanol–water partition coefficient (Wildman–Crippen LogP) is 3.53. The molecule has 0 aliphatic heterocycles. The summed E-state index contributed by atoms with van der Waals surface area (Å²) in [4.78, 5) is 11.7. The number of carbonyl (C=O) groups is 1. The van der Waals surface area contributed by atoms with Gasteiger partial charge in [0.15, 0.2) is 11.6 Å². The molecule has 1 amide bonds. The summed E-state index contributed by atoms with van der Waals surface area (Å²) in [6.45, 7) is 1.39. The Balaban J connectivity index is 1.95. The van der Waals surface area contributed by atoms with Crippen molar-refractivity contribution in [2.75, 3.05) is 11.9 Å². The van der Waals surface area contributed by atoms with Gasteiger partial charge >= 0.3 is 0 Å². The molecule has 0 aliphatic rings. The minimum absolute atomic E-state index is 0.256. The Kier molecular flexibility index (Phi) is 5.33. The van der Waals surface area contributed by atoms with E-state index in [-0.39, 0.29) is 6.54 Å². The Bertz CT molecular complexity index is 701. The molecule has 7 heteroatoms. The van der Waals surface area contributed by atoms with Crippen LogP contribution < -0.4 is 10.6 Å². The molecule has 122 valence electrons. The Morgan fingerprint density at radius 2 is 1.65 bits per heavy atom. The van der Waals surface area contributed by atoms with Crippen molar-refractivity contribution in [3.05, 3.63) is 65.2 Å². The van der Waals surface area contributed by atoms with Crippen molar-refractivity contribution < 1.29 is 22.4 Å². The van der Waals surface area contributed by atoms with Gasteiger partial charge in [0, 0.05) is 6.04 Å². The van der Waals surface area contributed by atoms with Crippen LogP contribution in [0.25, 0.3) is 0 Å². The third-order valence-electron chi connectivity index (χ3n) is 3.24. The van der Waals surface area contributed by atoms with Crippen molar-refractivity contribution in [3.8, 4) is 0 Å². The first kappa shape index (κ1) is 17.0. The molecule has 0 unspecified atom stereocenters. The quantitative estimate of drug-likeness (QED) is 0.825. The second kappa shape index (κ2) is 7.23. The predicted molar refractivity (Wildman–Crippen MR) is 77.8 cm³/mol. The molecule has 1 atom stereocenters. The first-order valence-corrected chi connectivity index (χ1v) is 6.80. The summed E-state index contributed by atoms with van der Waals surface area (Å²) in [6.07, 6.45) is 0. The highest BCUT2D eigenvalue weighted by Crippen LogP contribution is 2.18. The molecule has 0 spiro atoms. The van der Waals surface area contributed by atoms with Crippen molar-refractivity contribution >= 4 is 11.6 Å². The molecule has 0 radical (unpaired) electrons. The molecular formula is C16H14F4N2O. The highest BCUT2D eigenvalue weighted by molar-refractivity contribution is 5.92. The number of halogens is 4. The largest absolute Gasteiger partial charge is 0.320 e. The van der Waals surface area contributed by atoms with E-state index < -0.39 is 40.9 Å². The van der Waals surface area contributed by atoms with Crippen LogP contribution >= 0.6 is 0 Å². The van der Waals surface area contributed by atoms with Gasteiger partial charge in [-0.15, -0.1) is 0 Å². The average Bonchev–Trinajstić information content (AvgIpc) is 2.51. The van der Waals surface area contributed by atoms with Crippen molar-refractivity contribution in [3.63, 3.8) is 0 Å². The second-order valence-corrected chi connectivity index (χ2v) is 4.92. The maximum absolute atomic E-state index is 13.4. The van der Waals surface area contributed by atoms with Crippen molar-refractivity contribution in [2.24, 2.45) is 0 Å². The summed E-state index contributed by atoms with van der Waals surface area (Å²) >= 11 is 0. The zero-order chi connectivity index (χ0) is 17.0. The van der Waals surface area contributed by atoms with E-state index in [2.05, 4.69) is 10.6 Å². The second-order valence-electron chi connectivity index (χ2n) is 4.92. The molecule has 23 heavy (non-hydrogen) atoms. The highest BCUT2D eigenvalue weighted by Gasteiger charge is 2.14. The van der Waals surface area contributed by atoms with E-state index in [4.69, 9.17) is 0 Å². The van der Waals surface area contributed by atoms with Crippen molar-refractivity contribution in [1.29, 1.82) is 0 Å². The molecule has 0 bridgehead atoms. The maximum Gasteiger partial charge on any atom is 0.238 e. The van der Waals surface area contributed by atoms with E-state index in [0.717, 1.165) is 24.3 Å². The summed E-state index contributed by atoms with van der Waals surface area (Å²) in [7, 11) is 0. The van der Waals surface area contributed by atoms with Gasteiger partial charge in [-0.05, 0) is 36.8 Å². The zero-order valence-corrected chi connectivity index (χ0v) is 12.2. The number of nitrogens with one attached hydrogen (secondary N) is 2. The molecule has 2 aromatic carbocycles. The fourth-order valence-corrected chi connectivity index (χ4v) is 1.95. The van der Waals surface area contributed by atoms with E-state index in [1.807, 2.05) is 0 Å². The van der Waals surface area contributed by atoms with Crippen molar-refractivity contribution in [2.45, 2.75) is 13.0 Å². The first-order valence-electron chi connectivity index (χ1n) is 6.80. The molecule has 0 saturated heterocycles. The molecular weight excluding hydrogens is 312 g/mol. The number of anilines is 1. The van der Waals surface area contributed by atoms with Gasteiger partial charge in [0.1, 0.15) is 17.3 Å². The minimum Gasteiger partial charge on any atom is -0.320 e. The molecule has 2 N–H and O–H groups in total. The van der Waals surface area contributed by atoms with E-state index in [0.29, 0.717) is 5.56 Å². The van der Waals surface area contributed by atoms with E-state index in [9.17, 15) is 22.4 Å². The molecule has 0 saturated carbocycles. The van der Waals surface area contributed by atoms with Crippen LogP contribution in [0.15, 0.2) is 36.4 Å². The summed E-state index contributed by atoms with van der Waals surface area (Å²) in [5.41, 5.74) is -0.0893. The molecule has 0 aliphatic carbocycles. The lowest BCUT2D eigenvalue weighted by atomic mass is 10.1. The molecule has 0 fully saturated rings. The SMILES string of the molecule is C[C@@H](NCC(=O)Nc1c(F)cccc1F)c1ccc(F)c(F)c1. The third kappa shape index (κ3) is 4.29. The summed E-state index contributed by atoms with van der Waals surface area (Å²) < 4.78 is 52.8. The van der Waals surface area contributed by atoms with Gasteiger partial charge in [0.25, 0.3) is 0 Å². The number of benzene rings is 2. The highest BCUT2D eigenvalue weighted by atomic mass is 19.2. The smallest absolute Gasteiger partial charge is 0.238 e. The Morgan fingerprint density at radius 1 is 1.00 bits per heavy atom. The summed E-state index contributed by atoms with van der Waals surface area (Å²) in [5.74, 6) is -4.38. The molecule has 2 rings (SSSR count). The standard InChI is InChI=1S/C16H14F4N2O/c1-9(10-5-6-11(17)14(20)7-10)21-8-15(23)22-16-12(18)3-2-4-13(16)19/h2-7,9,21H,8H2,1H3,(H,22,23)/t9-/m1/s1. The van der Waals surface area contributed by atoms with Gasteiger partial charge in [-0.25, -0.2) is 17.6 Å². The lowest BCUT2D eigenvalue weighted by molar-refractivity contribution is -0.115. The lowest BCUT2D eigenvalue weighted by Crippen LogP contribution is -2.30. The third-order valence-corrected chi connectivity index (χ3v) is 3.24. The zero-order valence-electron chi connectivity index (χ0n) is 12.2. The topological polar surface area (TPSA) is 41.1 Å². The normalized spacial score (nSPS) is 12.0. The lowest BCUT2D eigenvalue weighted by Gasteiger charge is -2.14. The van der Waals surface area contributed by atoms with Crippen LogP contribution in [0.2, 0.25) is 0 Å². The number of hydrogen-bond donors (Lipinski definition) is 2. The Hall–Kier alpha value is -2.41. The number of para-hydroxylation sites is 1. The van der Waals surface area contributed by atoms with Crippen LogP contribution in [-0.2, 0) is 4.79 Å². The molecule has 3 nitrogen and oxygen atoms in total. The van der Waals surface area contributed by atoms with Gasteiger partial charge in [0.2, 0.25) is 5.91 Å². The van der Waals surface area contributed by atoms with Gasteiger partial charge < -0.3 is 10.6 Å². The summed E-state index contributed by atoms with van der Waals surface area (Å²) in [6, 6.07) is 6.15. The fourth-order valence-electron chi connectivity index (χ4n) is 1.95. The maximum atomic E-state index is 13.4. The van der Waals surface area contributed by atoms with E-state index in [1.54, 1.807) is 6.92 Å².